The molecule has 26 heavy (non-hydrogen) atoms. The Morgan fingerprint density at radius 1 is 0.962 bits per heavy atom. The van der Waals surface area contributed by atoms with Crippen LogP contribution in [-0.2, 0) is 6.42 Å². The van der Waals surface area contributed by atoms with Gasteiger partial charge in [-0.25, -0.2) is 0 Å². The molecule has 0 radical (unpaired) electrons. The van der Waals surface area contributed by atoms with Gasteiger partial charge in [0.2, 0.25) is 0 Å². The van der Waals surface area contributed by atoms with Crippen molar-refractivity contribution in [1.29, 1.82) is 0 Å². The van der Waals surface area contributed by atoms with Gasteiger partial charge < -0.3 is 5.32 Å². The lowest BCUT2D eigenvalue weighted by atomic mass is 9.63. The number of hydrogen-bond acceptors (Lipinski definition) is 1. The summed E-state index contributed by atoms with van der Waals surface area (Å²) in [5.74, 6) is -0.000694. The van der Waals surface area contributed by atoms with Crippen LogP contribution < -0.4 is 5.32 Å². The molecular formula is C23H42NOP. The van der Waals surface area contributed by atoms with Crippen LogP contribution >= 0.6 is 9.24 Å². The molecule has 0 aliphatic rings. The van der Waals surface area contributed by atoms with Crippen molar-refractivity contribution < 1.29 is 4.79 Å². The topological polar surface area (TPSA) is 29.1 Å². The second kappa shape index (κ2) is 10.5. The minimum absolute atomic E-state index is 0.000694. The summed E-state index contributed by atoms with van der Waals surface area (Å²) in [5.41, 5.74) is 2.33. The Bertz CT molecular complexity index is 544. The van der Waals surface area contributed by atoms with Crippen LogP contribution in [0.25, 0.3) is 0 Å². The first-order valence-corrected chi connectivity index (χ1v) is 10.7. The number of benzene rings is 1. The molecule has 1 rings (SSSR count). The normalized spacial score (nSPS) is 14.1. The van der Waals surface area contributed by atoms with E-state index in [4.69, 9.17) is 0 Å². The summed E-state index contributed by atoms with van der Waals surface area (Å²) in [6.07, 6.45) is 4.27. The third-order valence-corrected chi connectivity index (χ3v) is 5.89. The van der Waals surface area contributed by atoms with Crippen LogP contribution in [0.4, 0.5) is 0 Å². The highest BCUT2D eigenvalue weighted by Gasteiger charge is 2.40. The zero-order chi connectivity index (χ0) is 20.6. The van der Waals surface area contributed by atoms with Crippen LogP contribution in [0.1, 0.15) is 97.5 Å². The van der Waals surface area contributed by atoms with E-state index in [9.17, 15) is 4.79 Å². The van der Waals surface area contributed by atoms with Gasteiger partial charge in [0, 0.05) is 5.56 Å². The molecule has 0 aliphatic heterocycles. The van der Waals surface area contributed by atoms with E-state index in [2.05, 4.69) is 63.0 Å². The Balaban J connectivity index is 0.00000301. The first-order valence-electron chi connectivity index (χ1n) is 10.1. The smallest absolute Gasteiger partial charge is 0.251 e. The van der Waals surface area contributed by atoms with Gasteiger partial charge in [0.15, 0.2) is 0 Å². The van der Waals surface area contributed by atoms with Crippen molar-refractivity contribution in [2.45, 2.75) is 93.3 Å². The van der Waals surface area contributed by atoms with Crippen LogP contribution in [0.2, 0.25) is 0 Å². The number of hydrogen-bond donors (Lipinski definition) is 1. The van der Waals surface area contributed by atoms with Gasteiger partial charge >= 0.3 is 0 Å². The van der Waals surface area contributed by atoms with Crippen molar-refractivity contribution in [1.82, 2.24) is 5.32 Å². The predicted octanol–water partition coefficient (Wildman–Crippen LogP) is 6.84. The molecule has 2 unspecified atom stereocenters. The van der Waals surface area contributed by atoms with Gasteiger partial charge in [0.1, 0.15) is 0 Å². The molecule has 0 saturated heterocycles. The number of nitrogens with one attached hydrogen (secondary N) is 1. The molecule has 3 heteroatoms. The maximum absolute atomic E-state index is 12.6. The third kappa shape index (κ3) is 7.39. The first-order chi connectivity index (χ1) is 11.9. The molecule has 0 bridgehead atoms. The number of rotatable bonds is 8. The largest absolute Gasteiger partial charge is 0.344 e. The van der Waals surface area contributed by atoms with E-state index in [1.54, 1.807) is 0 Å². The Labute approximate surface area is 165 Å². The van der Waals surface area contributed by atoms with E-state index in [0.29, 0.717) is 0 Å². The summed E-state index contributed by atoms with van der Waals surface area (Å²) in [6.45, 7) is 19.7. The second-order valence-corrected chi connectivity index (χ2v) is 9.89. The first kappa shape index (κ1) is 25.1. The third-order valence-electron chi connectivity index (χ3n) is 5.54. The monoisotopic (exact) mass is 379 g/mol. The van der Waals surface area contributed by atoms with E-state index >= 15 is 0 Å². The summed E-state index contributed by atoms with van der Waals surface area (Å²) >= 11 is 0. The molecular weight excluding hydrogens is 337 g/mol. The molecule has 0 fully saturated rings. The zero-order valence-corrected chi connectivity index (χ0v) is 19.8. The van der Waals surface area contributed by atoms with Crippen molar-refractivity contribution in [3.63, 3.8) is 0 Å². The molecule has 0 aromatic heterocycles. The highest BCUT2D eigenvalue weighted by atomic mass is 31.0. The Kier molecular flexibility index (Phi) is 10.1. The number of carbonyl (C=O) groups is 1. The van der Waals surface area contributed by atoms with Crippen LogP contribution in [0, 0.1) is 10.8 Å². The highest BCUT2D eigenvalue weighted by molar-refractivity contribution is 7.18. The fourth-order valence-corrected chi connectivity index (χ4v) is 4.03. The summed E-state index contributed by atoms with van der Waals surface area (Å²) < 4.78 is 0. The fourth-order valence-electron chi connectivity index (χ4n) is 3.39. The molecule has 1 aromatic carbocycles. The van der Waals surface area contributed by atoms with Crippen LogP contribution in [0.15, 0.2) is 24.3 Å². The molecule has 0 heterocycles. The summed E-state index contributed by atoms with van der Waals surface area (Å²) in [5, 5.41) is 2.88. The molecule has 0 aliphatic carbocycles. The standard InChI is InChI=1S/C21H36NOP.C2H6/c1-8-14-19(3,4)20(5,6)15-21(7,24)22-18(23)17-12-10-16(9-2)11-13-17;1-2/h10-13H,8-9,14-15,24H2,1-7H3,(H,22,23);1-2H3. The molecule has 1 N–H and O–H groups in total. The minimum atomic E-state index is -0.324. The number of carbonyl (C=O) groups excluding carboxylic acids is 1. The molecule has 0 spiro atoms. The summed E-state index contributed by atoms with van der Waals surface area (Å²) in [7, 11) is 2.85. The van der Waals surface area contributed by atoms with E-state index in [-0.39, 0.29) is 22.0 Å². The lowest BCUT2D eigenvalue weighted by Crippen LogP contribution is -2.47. The maximum atomic E-state index is 12.6. The lowest BCUT2D eigenvalue weighted by Gasteiger charge is -2.46. The molecule has 2 nitrogen and oxygen atoms in total. The van der Waals surface area contributed by atoms with Gasteiger partial charge in [-0.1, -0.05) is 73.9 Å². The van der Waals surface area contributed by atoms with E-state index in [1.807, 2.05) is 38.1 Å². The van der Waals surface area contributed by atoms with Gasteiger partial charge in [0.05, 0.1) is 5.28 Å². The van der Waals surface area contributed by atoms with Crippen LogP contribution in [0.5, 0.6) is 0 Å². The second-order valence-electron chi connectivity index (χ2n) is 8.62. The van der Waals surface area contributed by atoms with Crippen LogP contribution in [0.3, 0.4) is 0 Å². The molecule has 2 atom stereocenters. The number of aryl methyl sites for hydroxylation is 1. The van der Waals surface area contributed by atoms with Gasteiger partial charge in [-0.2, -0.15) is 0 Å². The van der Waals surface area contributed by atoms with Gasteiger partial charge in [-0.05, 0) is 54.7 Å². The van der Waals surface area contributed by atoms with Crippen molar-refractivity contribution in [3.8, 4) is 0 Å². The average Bonchev–Trinajstić information content (AvgIpc) is 2.55. The van der Waals surface area contributed by atoms with Crippen molar-refractivity contribution >= 4 is 15.1 Å². The Hall–Kier alpha value is -0.880. The predicted molar refractivity (Wildman–Crippen MR) is 120 cm³/mol. The average molecular weight is 380 g/mol. The SMILES string of the molecule is CC.CCCC(C)(C)C(C)(C)CC(C)(P)NC(=O)c1ccc(CC)cc1. The van der Waals surface area contributed by atoms with E-state index in [1.165, 1.54) is 18.4 Å². The van der Waals surface area contributed by atoms with Crippen molar-refractivity contribution in [2.24, 2.45) is 10.8 Å². The van der Waals surface area contributed by atoms with Gasteiger partial charge in [-0.3, -0.25) is 4.79 Å². The molecule has 0 saturated carbocycles. The van der Waals surface area contributed by atoms with Gasteiger partial charge in [0.25, 0.3) is 5.91 Å². The lowest BCUT2D eigenvalue weighted by molar-refractivity contribution is 0.0661. The fraction of sp³-hybridized carbons (Fsp3) is 0.696. The highest BCUT2D eigenvalue weighted by Crippen LogP contribution is 2.48. The van der Waals surface area contributed by atoms with Crippen molar-refractivity contribution in [2.75, 3.05) is 0 Å². The summed E-state index contributed by atoms with van der Waals surface area (Å²) in [4.78, 5) is 12.6. The van der Waals surface area contributed by atoms with E-state index < -0.39 is 0 Å². The molecule has 1 amide bonds. The van der Waals surface area contributed by atoms with Gasteiger partial charge in [-0.15, -0.1) is 9.24 Å². The Morgan fingerprint density at radius 3 is 1.88 bits per heavy atom. The minimum Gasteiger partial charge on any atom is -0.344 e. The quantitative estimate of drug-likeness (QED) is 0.492. The zero-order valence-electron chi connectivity index (χ0n) is 18.6. The van der Waals surface area contributed by atoms with E-state index in [0.717, 1.165) is 18.4 Å². The van der Waals surface area contributed by atoms with Crippen LogP contribution in [-0.4, -0.2) is 11.2 Å². The Morgan fingerprint density at radius 2 is 1.46 bits per heavy atom. The molecule has 1 aromatic rings. The number of amides is 1. The summed E-state index contributed by atoms with van der Waals surface area (Å²) in [6, 6.07) is 7.90. The van der Waals surface area contributed by atoms with Crippen molar-refractivity contribution in [3.05, 3.63) is 35.4 Å². The maximum Gasteiger partial charge on any atom is 0.251 e. The molecule has 150 valence electrons.